The molecule has 4 heteroatoms. The maximum absolute atomic E-state index is 6.14. The lowest BCUT2D eigenvalue weighted by Gasteiger charge is -2.04. The van der Waals surface area contributed by atoms with Gasteiger partial charge in [0.05, 0.1) is 17.6 Å². The number of methoxy groups -OCH3 is 1. The Morgan fingerprint density at radius 1 is 1.50 bits per heavy atom. The molecule has 86 valence electrons. The average Bonchev–Trinajstić information content (AvgIpc) is 2.74. The van der Waals surface area contributed by atoms with E-state index in [-0.39, 0.29) is 5.92 Å². The SMILES string of the molecule is COc1ccc(Cl)c2cc(C(C)CN)[nH]c12. The Morgan fingerprint density at radius 3 is 2.88 bits per heavy atom. The first-order valence-electron chi connectivity index (χ1n) is 5.22. The van der Waals surface area contributed by atoms with Crippen LogP contribution in [0.3, 0.4) is 0 Å². The van der Waals surface area contributed by atoms with Crippen molar-refractivity contribution in [2.75, 3.05) is 13.7 Å². The average molecular weight is 239 g/mol. The highest BCUT2D eigenvalue weighted by Gasteiger charge is 2.12. The molecule has 0 aliphatic heterocycles. The second-order valence-corrected chi connectivity index (χ2v) is 4.31. The molecule has 2 aromatic rings. The van der Waals surface area contributed by atoms with Crippen LogP contribution in [-0.2, 0) is 0 Å². The molecule has 1 unspecified atom stereocenters. The third-order valence-electron chi connectivity index (χ3n) is 2.83. The molecule has 0 aliphatic carbocycles. The zero-order valence-electron chi connectivity index (χ0n) is 9.38. The highest BCUT2D eigenvalue weighted by molar-refractivity contribution is 6.35. The first-order valence-corrected chi connectivity index (χ1v) is 5.60. The fourth-order valence-corrected chi connectivity index (χ4v) is 1.95. The third-order valence-corrected chi connectivity index (χ3v) is 3.16. The molecule has 1 atom stereocenters. The summed E-state index contributed by atoms with van der Waals surface area (Å²) in [5, 5.41) is 1.71. The molecule has 1 heterocycles. The molecule has 0 amide bonds. The van der Waals surface area contributed by atoms with E-state index in [9.17, 15) is 0 Å². The molecule has 0 bridgehead atoms. The van der Waals surface area contributed by atoms with Crippen LogP contribution in [0, 0.1) is 0 Å². The number of ether oxygens (including phenoxy) is 1. The number of hydrogen-bond donors (Lipinski definition) is 2. The third kappa shape index (κ3) is 1.77. The van der Waals surface area contributed by atoms with Gasteiger partial charge in [-0.15, -0.1) is 0 Å². The molecule has 1 aromatic carbocycles. The molecule has 0 fully saturated rings. The Kier molecular flexibility index (Phi) is 3.08. The second-order valence-electron chi connectivity index (χ2n) is 3.90. The van der Waals surface area contributed by atoms with Gasteiger partial charge in [-0.05, 0) is 18.2 Å². The standard InChI is InChI=1S/C12H15ClN2O/c1-7(6-14)10-5-8-9(13)3-4-11(16-2)12(8)15-10/h3-5,7,15H,6,14H2,1-2H3. The zero-order valence-corrected chi connectivity index (χ0v) is 10.1. The first-order chi connectivity index (χ1) is 7.67. The molecule has 0 saturated carbocycles. The van der Waals surface area contributed by atoms with Crippen molar-refractivity contribution in [1.82, 2.24) is 4.98 Å². The molecule has 0 aliphatic rings. The summed E-state index contributed by atoms with van der Waals surface area (Å²) >= 11 is 6.14. The number of benzene rings is 1. The van der Waals surface area contributed by atoms with Gasteiger partial charge in [-0.3, -0.25) is 0 Å². The number of nitrogens with two attached hydrogens (primary N) is 1. The van der Waals surface area contributed by atoms with Gasteiger partial charge >= 0.3 is 0 Å². The number of halogens is 1. The van der Waals surface area contributed by atoms with Crippen LogP contribution in [0.4, 0.5) is 0 Å². The molecular formula is C12H15ClN2O. The summed E-state index contributed by atoms with van der Waals surface area (Å²) in [6.07, 6.45) is 0. The lowest BCUT2D eigenvalue weighted by atomic mass is 10.1. The van der Waals surface area contributed by atoms with E-state index < -0.39 is 0 Å². The topological polar surface area (TPSA) is 51.0 Å². The monoisotopic (exact) mass is 238 g/mol. The second kappa shape index (κ2) is 4.36. The van der Waals surface area contributed by atoms with Gasteiger partial charge < -0.3 is 15.5 Å². The van der Waals surface area contributed by atoms with E-state index in [1.807, 2.05) is 18.2 Å². The molecule has 0 radical (unpaired) electrons. The van der Waals surface area contributed by atoms with Gasteiger partial charge in [0.25, 0.3) is 0 Å². The Bertz CT molecular complexity index is 507. The fraction of sp³-hybridized carbons (Fsp3) is 0.333. The summed E-state index contributed by atoms with van der Waals surface area (Å²) in [5.41, 5.74) is 7.67. The minimum Gasteiger partial charge on any atom is -0.495 e. The summed E-state index contributed by atoms with van der Waals surface area (Å²) in [5.74, 6) is 1.09. The number of aromatic amines is 1. The molecule has 1 aromatic heterocycles. The smallest absolute Gasteiger partial charge is 0.143 e. The van der Waals surface area contributed by atoms with E-state index >= 15 is 0 Å². The van der Waals surface area contributed by atoms with Gasteiger partial charge in [0.2, 0.25) is 0 Å². The van der Waals surface area contributed by atoms with Crippen molar-refractivity contribution in [3.05, 3.63) is 28.9 Å². The molecule has 0 saturated heterocycles. The Morgan fingerprint density at radius 2 is 2.25 bits per heavy atom. The summed E-state index contributed by atoms with van der Waals surface area (Å²) in [6, 6.07) is 5.74. The molecule has 0 spiro atoms. The minimum atomic E-state index is 0.285. The molecule has 2 rings (SSSR count). The van der Waals surface area contributed by atoms with E-state index in [2.05, 4.69) is 11.9 Å². The van der Waals surface area contributed by atoms with Crippen molar-refractivity contribution < 1.29 is 4.74 Å². The van der Waals surface area contributed by atoms with Crippen molar-refractivity contribution >= 4 is 22.5 Å². The van der Waals surface area contributed by atoms with Gasteiger partial charge in [-0.1, -0.05) is 18.5 Å². The lowest BCUT2D eigenvalue weighted by Crippen LogP contribution is -2.08. The number of hydrogen-bond acceptors (Lipinski definition) is 2. The van der Waals surface area contributed by atoms with Gasteiger partial charge in [-0.2, -0.15) is 0 Å². The lowest BCUT2D eigenvalue weighted by molar-refractivity contribution is 0.419. The van der Waals surface area contributed by atoms with Crippen LogP contribution in [0.25, 0.3) is 10.9 Å². The van der Waals surface area contributed by atoms with Crippen molar-refractivity contribution in [2.24, 2.45) is 5.73 Å². The van der Waals surface area contributed by atoms with E-state index in [1.54, 1.807) is 7.11 Å². The van der Waals surface area contributed by atoms with Crippen LogP contribution in [0.5, 0.6) is 5.75 Å². The Balaban J connectivity index is 2.63. The predicted molar refractivity (Wildman–Crippen MR) is 67.3 cm³/mol. The van der Waals surface area contributed by atoms with Crippen LogP contribution < -0.4 is 10.5 Å². The van der Waals surface area contributed by atoms with Gasteiger partial charge in [0.1, 0.15) is 5.75 Å². The van der Waals surface area contributed by atoms with Crippen LogP contribution in [0.1, 0.15) is 18.5 Å². The maximum atomic E-state index is 6.14. The van der Waals surface area contributed by atoms with Gasteiger partial charge in [-0.25, -0.2) is 0 Å². The van der Waals surface area contributed by atoms with E-state index in [1.165, 1.54) is 0 Å². The Labute approximate surface area is 99.5 Å². The molecular weight excluding hydrogens is 224 g/mol. The molecule has 3 N–H and O–H groups in total. The van der Waals surface area contributed by atoms with Crippen molar-refractivity contribution in [2.45, 2.75) is 12.8 Å². The maximum Gasteiger partial charge on any atom is 0.143 e. The summed E-state index contributed by atoms with van der Waals surface area (Å²) in [4.78, 5) is 3.32. The summed E-state index contributed by atoms with van der Waals surface area (Å²) in [7, 11) is 1.65. The fourth-order valence-electron chi connectivity index (χ4n) is 1.74. The van der Waals surface area contributed by atoms with Crippen molar-refractivity contribution in [1.29, 1.82) is 0 Å². The number of fused-ring (bicyclic) bond motifs is 1. The number of H-pyrrole nitrogens is 1. The molecule has 16 heavy (non-hydrogen) atoms. The normalized spacial score (nSPS) is 13.0. The minimum absolute atomic E-state index is 0.285. The zero-order chi connectivity index (χ0) is 11.7. The van der Waals surface area contributed by atoms with Crippen LogP contribution in [0.2, 0.25) is 5.02 Å². The number of nitrogens with one attached hydrogen (secondary N) is 1. The predicted octanol–water partition coefficient (Wildman–Crippen LogP) is 2.89. The van der Waals surface area contributed by atoms with E-state index in [0.29, 0.717) is 6.54 Å². The van der Waals surface area contributed by atoms with E-state index in [4.69, 9.17) is 22.1 Å². The molecule has 3 nitrogen and oxygen atoms in total. The van der Waals surface area contributed by atoms with Crippen molar-refractivity contribution in [3.63, 3.8) is 0 Å². The van der Waals surface area contributed by atoms with Gasteiger partial charge in [0.15, 0.2) is 0 Å². The number of rotatable bonds is 3. The summed E-state index contributed by atoms with van der Waals surface area (Å²) < 4.78 is 5.29. The Hall–Kier alpha value is -1.19. The van der Waals surface area contributed by atoms with Crippen LogP contribution >= 0.6 is 11.6 Å². The highest BCUT2D eigenvalue weighted by atomic mass is 35.5. The van der Waals surface area contributed by atoms with Crippen LogP contribution in [0.15, 0.2) is 18.2 Å². The van der Waals surface area contributed by atoms with Crippen LogP contribution in [-0.4, -0.2) is 18.6 Å². The largest absolute Gasteiger partial charge is 0.495 e. The first kappa shape index (κ1) is 11.3. The van der Waals surface area contributed by atoms with E-state index in [0.717, 1.165) is 27.4 Å². The number of aromatic nitrogens is 1. The summed E-state index contributed by atoms with van der Waals surface area (Å²) in [6.45, 7) is 2.68. The highest BCUT2D eigenvalue weighted by Crippen LogP contribution is 2.33. The van der Waals surface area contributed by atoms with Gasteiger partial charge in [0, 0.05) is 23.5 Å². The van der Waals surface area contributed by atoms with Crippen molar-refractivity contribution in [3.8, 4) is 5.75 Å². The quantitative estimate of drug-likeness (QED) is 0.864.